The molecular weight excluding hydrogens is 266 g/mol. The van der Waals surface area contributed by atoms with Gasteiger partial charge in [-0.3, -0.25) is 4.57 Å². The van der Waals surface area contributed by atoms with Crippen LogP contribution in [-0.2, 0) is 0 Å². The summed E-state index contributed by atoms with van der Waals surface area (Å²) in [5, 5.41) is 9.61. The summed E-state index contributed by atoms with van der Waals surface area (Å²) in [6, 6.07) is 10.4. The van der Waals surface area contributed by atoms with E-state index in [1.807, 2.05) is 28.8 Å². The van der Waals surface area contributed by atoms with Gasteiger partial charge in [0.25, 0.3) is 0 Å². The van der Waals surface area contributed by atoms with Gasteiger partial charge in [-0.1, -0.05) is 24.4 Å². The fraction of sp³-hybridized carbons (Fsp3) is 0.312. The largest absolute Gasteiger partial charge is 0.285 e. The van der Waals surface area contributed by atoms with Crippen molar-refractivity contribution in [2.75, 3.05) is 0 Å². The lowest BCUT2D eigenvalue weighted by Crippen LogP contribution is -2.27. The van der Waals surface area contributed by atoms with E-state index in [-0.39, 0.29) is 5.92 Å². The smallest absolute Gasteiger partial charge is 0.136 e. The van der Waals surface area contributed by atoms with E-state index in [1.165, 1.54) is 17.6 Å². The van der Waals surface area contributed by atoms with Crippen molar-refractivity contribution in [3.8, 4) is 6.07 Å². The number of aromatic nitrogens is 2. The van der Waals surface area contributed by atoms with Crippen LogP contribution in [0.4, 0.5) is 0 Å². The Morgan fingerprint density at radius 1 is 1.25 bits per heavy atom. The lowest BCUT2D eigenvalue weighted by Gasteiger charge is -2.29. The topological polar surface area (TPSA) is 41.6 Å². The summed E-state index contributed by atoms with van der Waals surface area (Å²) in [5.41, 5.74) is 4.37. The highest BCUT2D eigenvalue weighted by molar-refractivity contribution is 7.80. The van der Waals surface area contributed by atoms with Crippen LogP contribution in [0.5, 0.6) is 0 Å². The number of nitriles is 1. The molecule has 2 aromatic rings. The van der Waals surface area contributed by atoms with Crippen LogP contribution >= 0.6 is 12.2 Å². The average molecular weight is 279 g/mol. The van der Waals surface area contributed by atoms with Gasteiger partial charge in [0.2, 0.25) is 0 Å². The first-order chi connectivity index (χ1) is 9.81. The minimum atomic E-state index is -0.232. The van der Waals surface area contributed by atoms with E-state index in [9.17, 15) is 5.26 Å². The maximum Gasteiger partial charge on any atom is 0.136 e. The maximum atomic E-state index is 9.61. The summed E-state index contributed by atoms with van der Waals surface area (Å²) in [6.07, 6.45) is 4.30. The minimum Gasteiger partial charge on any atom is -0.285 e. The normalized spacial score (nSPS) is 21.6. The Morgan fingerprint density at radius 2 is 2.05 bits per heavy atom. The quantitative estimate of drug-likeness (QED) is 0.690. The van der Waals surface area contributed by atoms with Crippen LogP contribution in [0.15, 0.2) is 35.4 Å². The molecule has 3 nitrogen and oxygen atoms in total. The number of allylic oxidation sites excluding steroid dienone is 2. The van der Waals surface area contributed by atoms with Crippen molar-refractivity contribution in [2.45, 2.75) is 31.6 Å². The lowest BCUT2D eigenvalue weighted by molar-refractivity contribution is 0.640. The standard InChI is InChI=1S/C16H13N3S/c17-9-12-10-5-1-2-6-11(10)16(20)19-14-8-4-3-7-13(14)18-15(12)19/h3-4,7-8,12H,1-2,5-6H2. The summed E-state index contributed by atoms with van der Waals surface area (Å²) < 4.78 is 2.02. The van der Waals surface area contributed by atoms with Crippen molar-refractivity contribution in [2.24, 2.45) is 0 Å². The Labute approximate surface area is 122 Å². The summed E-state index contributed by atoms with van der Waals surface area (Å²) in [6.45, 7) is 0. The van der Waals surface area contributed by atoms with Crippen LogP contribution in [-0.4, -0.2) is 14.5 Å². The minimum absolute atomic E-state index is 0.232. The molecule has 1 aromatic carbocycles. The predicted octanol–water partition coefficient (Wildman–Crippen LogP) is 3.70. The predicted molar refractivity (Wildman–Crippen MR) is 81.6 cm³/mol. The summed E-state index contributed by atoms with van der Waals surface area (Å²) in [4.78, 5) is 5.52. The molecule has 1 atom stereocenters. The van der Waals surface area contributed by atoms with Crippen LogP contribution in [0, 0.1) is 11.3 Å². The second-order valence-electron chi connectivity index (χ2n) is 5.37. The van der Waals surface area contributed by atoms with Gasteiger partial charge in [-0.05, 0) is 49.0 Å². The van der Waals surface area contributed by atoms with Gasteiger partial charge in [0.15, 0.2) is 0 Å². The molecule has 1 aliphatic carbocycles. The molecule has 0 amide bonds. The average Bonchev–Trinajstić information content (AvgIpc) is 2.87. The van der Waals surface area contributed by atoms with Gasteiger partial charge in [-0.15, -0.1) is 0 Å². The molecule has 20 heavy (non-hydrogen) atoms. The second-order valence-corrected chi connectivity index (χ2v) is 5.76. The number of thiocarbonyl (C=S) groups is 1. The van der Waals surface area contributed by atoms with Gasteiger partial charge in [-0.2, -0.15) is 5.26 Å². The SMILES string of the molecule is N#CC1C2=C(CCCC2)C(=S)n2c1nc1ccccc12. The van der Waals surface area contributed by atoms with Crippen molar-refractivity contribution >= 4 is 28.2 Å². The number of imidazole rings is 1. The third-order valence-corrected chi connectivity index (χ3v) is 4.72. The van der Waals surface area contributed by atoms with Gasteiger partial charge in [-0.25, -0.2) is 4.98 Å². The number of hydrogen-bond acceptors (Lipinski definition) is 3. The van der Waals surface area contributed by atoms with E-state index >= 15 is 0 Å². The Balaban J connectivity index is 2.04. The molecule has 4 heteroatoms. The molecule has 1 unspecified atom stereocenters. The van der Waals surface area contributed by atoms with E-state index in [0.29, 0.717) is 0 Å². The molecule has 0 N–H and O–H groups in total. The Morgan fingerprint density at radius 3 is 2.90 bits per heavy atom. The highest BCUT2D eigenvalue weighted by Crippen LogP contribution is 2.41. The Kier molecular flexibility index (Phi) is 2.51. The molecule has 1 aliphatic heterocycles. The number of nitrogens with zero attached hydrogens (tertiary/aromatic N) is 3. The number of benzene rings is 1. The monoisotopic (exact) mass is 279 g/mol. The van der Waals surface area contributed by atoms with E-state index in [1.54, 1.807) is 0 Å². The summed E-state index contributed by atoms with van der Waals surface area (Å²) in [7, 11) is 0. The van der Waals surface area contributed by atoms with E-state index in [4.69, 9.17) is 12.2 Å². The van der Waals surface area contributed by atoms with Crippen molar-refractivity contribution in [3.63, 3.8) is 0 Å². The van der Waals surface area contributed by atoms with Crippen molar-refractivity contribution in [1.82, 2.24) is 9.55 Å². The van der Waals surface area contributed by atoms with E-state index < -0.39 is 0 Å². The zero-order chi connectivity index (χ0) is 13.7. The molecule has 0 saturated carbocycles. The zero-order valence-corrected chi connectivity index (χ0v) is 11.8. The molecule has 0 bridgehead atoms. The van der Waals surface area contributed by atoms with E-state index in [0.717, 1.165) is 41.1 Å². The maximum absolute atomic E-state index is 9.61. The number of para-hydroxylation sites is 2. The Bertz CT molecular complexity index is 807. The highest BCUT2D eigenvalue weighted by Gasteiger charge is 2.34. The van der Waals surface area contributed by atoms with Gasteiger partial charge in [0.05, 0.1) is 17.1 Å². The molecule has 1 aromatic heterocycles. The third kappa shape index (κ3) is 1.44. The number of hydrogen-bond donors (Lipinski definition) is 0. The molecule has 2 aliphatic rings. The number of fused-ring (bicyclic) bond motifs is 3. The van der Waals surface area contributed by atoms with E-state index in [2.05, 4.69) is 11.1 Å². The molecule has 0 fully saturated rings. The molecule has 4 rings (SSSR count). The molecule has 2 heterocycles. The van der Waals surface area contributed by atoms with Crippen molar-refractivity contribution in [1.29, 1.82) is 5.26 Å². The first-order valence-electron chi connectivity index (χ1n) is 6.95. The summed E-state index contributed by atoms with van der Waals surface area (Å²) in [5.74, 6) is 0.573. The highest BCUT2D eigenvalue weighted by atomic mass is 32.1. The van der Waals surface area contributed by atoms with Crippen LogP contribution < -0.4 is 0 Å². The zero-order valence-electron chi connectivity index (χ0n) is 11.0. The molecular formula is C16H13N3S. The van der Waals surface area contributed by atoms with Crippen LogP contribution in [0.1, 0.15) is 37.4 Å². The van der Waals surface area contributed by atoms with Crippen molar-refractivity contribution < 1.29 is 0 Å². The molecule has 98 valence electrons. The van der Waals surface area contributed by atoms with Crippen LogP contribution in [0.25, 0.3) is 11.0 Å². The van der Waals surface area contributed by atoms with Gasteiger partial charge < -0.3 is 0 Å². The van der Waals surface area contributed by atoms with Crippen LogP contribution in [0.3, 0.4) is 0 Å². The fourth-order valence-electron chi connectivity index (χ4n) is 3.37. The van der Waals surface area contributed by atoms with Crippen molar-refractivity contribution in [3.05, 3.63) is 41.2 Å². The second kappa shape index (κ2) is 4.26. The molecule has 0 saturated heterocycles. The number of rotatable bonds is 0. The fourth-order valence-corrected chi connectivity index (χ4v) is 3.79. The molecule has 0 radical (unpaired) electrons. The van der Waals surface area contributed by atoms with Gasteiger partial charge in [0.1, 0.15) is 16.7 Å². The third-order valence-electron chi connectivity index (χ3n) is 4.29. The summed E-state index contributed by atoms with van der Waals surface area (Å²) >= 11 is 5.70. The first kappa shape index (κ1) is 11.8. The first-order valence-corrected chi connectivity index (χ1v) is 7.35. The lowest BCUT2D eigenvalue weighted by atomic mass is 9.82. The van der Waals surface area contributed by atoms with Gasteiger partial charge in [0, 0.05) is 0 Å². The Hall–Kier alpha value is -1.99. The van der Waals surface area contributed by atoms with Gasteiger partial charge >= 0.3 is 0 Å². The van der Waals surface area contributed by atoms with Crippen LogP contribution in [0.2, 0.25) is 0 Å². The molecule has 0 spiro atoms.